The second-order valence-corrected chi connectivity index (χ2v) is 7.07. The molecule has 0 unspecified atom stereocenters. The summed E-state index contributed by atoms with van der Waals surface area (Å²) in [4.78, 5) is 0. The number of methoxy groups -OCH3 is 1. The summed E-state index contributed by atoms with van der Waals surface area (Å²) < 4.78 is 5.24. The Morgan fingerprint density at radius 3 is 2.25 bits per heavy atom. The molecule has 0 aliphatic heterocycles. The van der Waals surface area contributed by atoms with Crippen LogP contribution in [-0.2, 0) is 6.42 Å². The van der Waals surface area contributed by atoms with Gasteiger partial charge in [0, 0.05) is 12.1 Å². The molecule has 2 nitrogen and oxygen atoms in total. The maximum atomic E-state index is 5.24. The molecule has 128 valence electrons. The van der Waals surface area contributed by atoms with Crippen LogP contribution < -0.4 is 10.1 Å². The van der Waals surface area contributed by atoms with E-state index in [0.29, 0.717) is 12.1 Å². The van der Waals surface area contributed by atoms with Crippen molar-refractivity contribution in [3.8, 4) is 5.75 Å². The third-order valence-electron chi connectivity index (χ3n) is 5.32. The van der Waals surface area contributed by atoms with Crippen LogP contribution in [0.3, 0.4) is 0 Å². The van der Waals surface area contributed by atoms with Crippen LogP contribution in [0.15, 0.2) is 54.6 Å². The Bertz CT molecular complexity index is 600. The van der Waals surface area contributed by atoms with Gasteiger partial charge in [0.25, 0.3) is 0 Å². The van der Waals surface area contributed by atoms with Crippen molar-refractivity contribution in [3.05, 3.63) is 65.7 Å². The summed E-state index contributed by atoms with van der Waals surface area (Å²) in [5, 5.41) is 3.82. The molecule has 0 saturated heterocycles. The first-order chi connectivity index (χ1) is 11.7. The maximum absolute atomic E-state index is 5.24. The third kappa shape index (κ3) is 4.61. The van der Waals surface area contributed by atoms with Gasteiger partial charge in [-0.25, -0.2) is 0 Å². The Hall–Kier alpha value is -1.80. The molecule has 1 fully saturated rings. The molecule has 1 saturated carbocycles. The number of hydrogen-bond acceptors (Lipinski definition) is 2. The molecule has 2 heteroatoms. The van der Waals surface area contributed by atoms with Crippen molar-refractivity contribution >= 4 is 0 Å². The molecular formula is C22H29NO. The van der Waals surface area contributed by atoms with Gasteiger partial charge in [-0.3, -0.25) is 0 Å². The summed E-state index contributed by atoms with van der Waals surface area (Å²) in [6.07, 6.45) is 6.43. The average Bonchev–Trinajstić information content (AvgIpc) is 2.65. The summed E-state index contributed by atoms with van der Waals surface area (Å²) in [7, 11) is 1.72. The number of ether oxygens (including phenoxy) is 1. The predicted octanol–water partition coefficient (Wildman–Crippen LogP) is 5.15. The predicted molar refractivity (Wildman–Crippen MR) is 100 cm³/mol. The Kier molecular flexibility index (Phi) is 5.92. The van der Waals surface area contributed by atoms with Crippen molar-refractivity contribution < 1.29 is 4.74 Å². The van der Waals surface area contributed by atoms with Gasteiger partial charge in [-0.1, -0.05) is 42.5 Å². The lowest BCUT2D eigenvalue weighted by molar-refractivity contribution is 0.277. The van der Waals surface area contributed by atoms with E-state index in [9.17, 15) is 0 Å². The molecule has 0 heterocycles. The molecule has 0 spiro atoms. The van der Waals surface area contributed by atoms with Crippen LogP contribution in [0, 0.1) is 5.92 Å². The lowest BCUT2D eigenvalue weighted by Crippen LogP contribution is -2.35. The SMILES string of the molecule is COc1ccc(C[C@H]2CC[C@@H](N[C@@H](C)c3ccccc3)CC2)cc1. The maximum Gasteiger partial charge on any atom is 0.118 e. The molecule has 3 rings (SSSR count). The van der Waals surface area contributed by atoms with Crippen LogP contribution in [0.1, 0.15) is 49.8 Å². The van der Waals surface area contributed by atoms with Crippen LogP contribution in [0.25, 0.3) is 0 Å². The van der Waals surface area contributed by atoms with E-state index in [1.54, 1.807) is 7.11 Å². The lowest BCUT2D eigenvalue weighted by atomic mass is 9.82. The Morgan fingerprint density at radius 1 is 0.958 bits per heavy atom. The van der Waals surface area contributed by atoms with Crippen LogP contribution >= 0.6 is 0 Å². The highest BCUT2D eigenvalue weighted by molar-refractivity contribution is 5.27. The first-order valence-electron chi connectivity index (χ1n) is 9.18. The molecule has 0 amide bonds. The van der Waals surface area contributed by atoms with E-state index in [1.807, 2.05) is 0 Å². The Balaban J connectivity index is 1.45. The van der Waals surface area contributed by atoms with E-state index in [4.69, 9.17) is 4.74 Å². The van der Waals surface area contributed by atoms with Gasteiger partial charge in [-0.05, 0) is 68.2 Å². The van der Waals surface area contributed by atoms with Gasteiger partial charge in [0.05, 0.1) is 7.11 Å². The van der Waals surface area contributed by atoms with Gasteiger partial charge >= 0.3 is 0 Å². The zero-order chi connectivity index (χ0) is 16.8. The summed E-state index contributed by atoms with van der Waals surface area (Å²) in [6.45, 7) is 2.28. The van der Waals surface area contributed by atoms with Crippen LogP contribution in [-0.4, -0.2) is 13.2 Å². The number of benzene rings is 2. The van der Waals surface area contributed by atoms with E-state index >= 15 is 0 Å². The van der Waals surface area contributed by atoms with Gasteiger partial charge < -0.3 is 10.1 Å². The second-order valence-electron chi connectivity index (χ2n) is 7.07. The molecule has 0 radical (unpaired) electrons. The van der Waals surface area contributed by atoms with Crippen molar-refractivity contribution in [2.45, 2.75) is 51.1 Å². The fourth-order valence-corrected chi connectivity index (χ4v) is 3.82. The van der Waals surface area contributed by atoms with Crippen molar-refractivity contribution in [2.75, 3.05) is 7.11 Å². The molecule has 1 atom stereocenters. The molecule has 2 aromatic carbocycles. The lowest BCUT2D eigenvalue weighted by Gasteiger charge is -2.31. The molecule has 1 N–H and O–H groups in total. The first-order valence-corrected chi connectivity index (χ1v) is 9.18. The molecular weight excluding hydrogens is 294 g/mol. The fraction of sp³-hybridized carbons (Fsp3) is 0.455. The number of rotatable bonds is 6. The molecule has 2 aromatic rings. The smallest absolute Gasteiger partial charge is 0.118 e. The number of nitrogens with one attached hydrogen (secondary N) is 1. The van der Waals surface area contributed by atoms with E-state index in [0.717, 1.165) is 11.7 Å². The van der Waals surface area contributed by atoms with Gasteiger partial charge in [-0.2, -0.15) is 0 Å². The van der Waals surface area contributed by atoms with E-state index in [-0.39, 0.29) is 0 Å². The highest BCUT2D eigenvalue weighted by Crippen LogP contribution is 2.29. The molecule has 1 aliphatic rings. The van der Waals surface area contributed by atoms with Gasteiger partial charge in [0.2, 0.25) is 0 Å². The summed E-state index contributed by atoms with van der Waals surface area (Å²) in [5.74, 6) is 1.77. The minimum atomic E-state index is 0.439. The molecule has 0 aromatic heterocycles. The van der Waals surface area contributed by atoms with Crippen LogP contribution in [0.4, 0.5) is 0 Å². The van der Waals surface area contributed by atoms with Crippen molar-refractivity contribution in [1.82, 2.24) is 5.32 Å². The van der Waals surface area contributed by atoms with Crippen LogP contribution in [0.2, 0.25) is 0 Å². The van der Waals surface area contributed by atoms with Gasteiger partial charge in [0.1, 0.15) is 5.75 Å². The quantitative estimate of drug-likeness (QED) is 0.794. The first kappa shape index (κ1) is 17.0. The zero-order valence-corrected chi connectivity index (χ0v) is 14.9. The van der Waals surface area contributed by atoms with Crippen LogP contribution in [0.5, 0.6) is 5.75 Å². The molecule has 1 aliphatic carbocycles. The Labute approximate surface area is 146 Å². The normalized spacial score (nSPS) is 22.1. The number of hydrogen-bond donors (Lipinski definition) is 1. The van der Waals surface area contributed by atoms with Crippen molar-refractivity contribution in [1.29, 1.82) is 0 Å². The fourth-order valence-electron chi connectivity index (χ4n) is 3.82. The highest BCUT2D eigenvalue weighted by Gasteiger charge is 2.22. The van der Waals surface area contributed by atoms with Gasteiger partial charge in [0.15, 0.2) is 0 Å². The van der Waals surface area contributed by atoms with E-state index < -0.39 is 0 Å². The zero-order valence-electron chi connectivity index (χ0n) is 14.9. The van der Waals surface area contributed by atoms with E-state index in [2.05, 4.69) is 66.8 Å². The van der Waals surface area contributed by atoms with Gasteiger partial charge in [-0.15, -0.1) is 0 Å². The minimum absolute atomic E-state index is 0.439. The van der Waals surface area contributed by atoms with Crippen molar-refractivity contribution in [2.24, 2.45) is 5.92 Å². The summed E-state index contributed by atoms with van der Waals surface area (Å²) in [6, 6.07) is 20.4. The topological polar surface area (TPSA) is 21.3 Å². The largest absolute Gasteiger partial charge is 0.497 e. The van der Waals surface area contributed by atoms with Crippen molar-refractivity contribution in [3.63, 3.8) is 0 Å². The third-order valence-corrected chi connectivity index (χ3v) is 5.32. The summed E-state index contributed by atoms with van der Waals surface area (Å²) >= 11 is 0. The van der Waals surface area contributed by atoms with E-state index in [1.165, 1.54) is 43.2 Å². The summed E-state index contributed by atoms with van der Waals surface area (Å²) in [5.41, 5.74) is 2.82. The Morgan fingerprint density at radius 2 is 1.62 bits per heavy atom. The molecule has 24 heavy (non-hydrogen) atoms. The monoisotopic (exact) mass is 323 g/mol. The molecule has 0 bridgehead atoms. The second kappa shape index (κ2) is 8.34. The minimum Gasteiger partial charge on any atom is -0.497 e. The standard InChI is InChI=1S/C22H29NO/c1-17(20-6-4-3-5-7-20)23-21-12-8-18(9-13-21)16-19-10-14-22(24-2)15-11-19/h3-7,10-11,14-15,17-18,21,23H,8-9,12-13,16H2,1-2H3/t17-,18-,21+/m0/s1. The average molecular weight is 323 g/mol. The highest BCUT2D eigenvalue weighted by atomic mass is 16.5.